The van der Waals surface area contributed by atoms with E-state index in [1.54, 1.807) is 50.2 Å². The quantitative estimate of drug-likeness (QED) is 0.582. The summed E-state index contributed by atoms with van der Waals surface area (Å²) in [6.07, 6.45) is 5.92. The molecular weight excluding hydrogens is 389 g/mol. The minimum atomic E-state index is -3.07. The Kier molecular flexibility index (Phi) is 8.07. The number of nitrogen functional groups attached to an aromatic ring is 1. The summed E-state index contributed by atoms with van der Waals surface area (Å²) in [6.45, 7) is 3.22. The Balaban J connectivity index is 0.000000278. The minimum absolute atomic E-state index is 0.134. The standard InChI is InChI=1S/C12H19N6OP.C6H11N3/c1-16(2)20(19,17(3)4)18-12(13)14-11(15-18)10-8-6-5-7-9-10;1-2-3-4-9-5-7-8-6-9/h5-9H,1-4H3,(H2,13,14,15);5-6H,2-4H2,1H3. The van der Waals surface area contributed by atoms with Crippen LogP contribution in [0, 0.1) is 0 Å². The fourth-order valence-electron chi connectivity index (χ4n) is 2.59. The molecule has 29 heavy (non-hydrogen) atoms. The summed E-state index contributed by atoms with van der Waals surface area (Å²) < 4.78 is 19.6. The van der Waals surface area contributed by atoms with E-state index in [0.29, 0.717) is 5.82 Å². The van der Waals surface area contributed by atoms with Crippen molar-refractivity contribution in [3.63, 3.8) is 0 Å². The molecule has 2 aromatic heterocycles. The third-order valence-corrected chi connectivity index (χ3v) is 7.04. The van der Waals surface area contributed by atoms with Crippen molar-refractivity contribution in [1.29, 1.82) is 0 Å². The average Bonchev–Trinajstić information content (AvgIpc) is 3.36. The van der Waals surface area contributed by atoms with Crippen molar-refractivity contribution in [2.75, 3.05) is 33.9 Å². The monoisotopic (exact) mass is 419 g/mol. The number of aromatic nitrogens is 6. The molecule has 0 aliphatic rings. The van der Waals surface area contributed by atoms with Crippen LogP contribution in [0.25, 0.3) is 11.4 Å². The van der Waals surface area contributed by atoms with Crippen molar-refractivity contribution in [2.45, 2.75) is 26.3 Å². The zero-order chi connectivity index (χ0) is 21.4. The molecule has 0 unspecified atom stereocenters. The fraction of sp³-hybridized carbons (Fsp3) is 0.444. The van der Waals surface area contributed by atoms with Gasteiger partial charge in [-0.2, -0.15) is 9.44 Å². The molecule has 10 nitrogen and oxygen atoms in total. The van der Waals surface area contributed by atoms with Crippen LogP contribution in [-0.4, -0.2) is 66.8 Å². The lowest BCUT2D eigenvalue weighted by molar-refractivity contribution is 0.431. The van der Waals surface area contributed by atoms with Gasteiger partial charge >= 0.3 is 7.59 Å². The molecule has 3 aromatic rings. The van der Waals surface area contributed by atoms with Gasteiger partial charge in [-0.05, 0) is 34.6 Å². The fourth-order valence-corrected chi connectivity index (χ4v) is 4.50. The van der Waals surface area contributed by atoms with Gasteiger partial charge in [-0.3, -0.25) is 4.57 Å². The first-order valence-electron chi connectivity index (χ1n) is 9.37. The normalized spacial score (nSPS) is 11.6. The molecule has 0 aliphatic carbocycles. The summed E-state index contributed by atoms with van der Waals surface area (Å²) in [4.78, 5) is 4.22. The van der Waals surface area contributed by atoms with Crippen LogP contribution in [0.3, 0.4) is 0 Å². The number of rotatable bonds is 7. The first kappa shape index (κ1) is 22.7. The van der Waals surface area contributed by atoms with Crippen LogP contribution in [0.1, 0.15) is 19.8 Å². The zero-order valence-corrected chi connectivity index (χ0v) is 18.6. The van der Waals surface area contributed by atoms with E-state index in [1.807, 2.05) is 34.9 Å². The second-order valence-electron chi connectivity index (χ2n) is 6.81. The molecule has 1 aromatic carbocycles. The van der Waals surface area contributed by atoms with Crippen LogP contribution in [0.4, 0.5) is 5.95 Å². The van der Waals surface area contributed by atoms with Crippen LogP contribution in [0.2, 0.25) is 0 Å². The van der Waals surface area contributed by atoms with E-state index in [-0.39, 0.29) is 5.95 Å². The van der Waals surface area contributed by atoms with Crippen molar-refractivity contribution in [3.8, 4) is 11.4 Å². The molecule has 2 heterocycles. The van der Waals surface area contributed by atoms with Gasteiger partial charge in [0.15, 0.2) is 5.82 Å². The van der Waals surface area contributed by atoms with Crippen LogP contribution < -0.4 is 5.73 Å². The Labute approximate surface area is 171 Å². The number of nitrogens with zero attached hydrogens (tertiary/aromatic N) is 8. The molecule has 0 fully saturated rings. The number of benzene rings is 1. The Bertz CT molecular complexity index is 895. The van der Waals surface area contributed by atoms with Gasteiger partial charge in [0.1, 0.15) is 12.7 Å². The zero-order valence-electron chi connectivity index (χ0n) is 17.7. The van der Waals surface area contributed by atoms with Gasteiger partial charge in [0.25, 0.3) is 0 Å². The van der Waals surface area contributed by atoms with Crippen molar-refractivity contribution >= 4 is 13.5 Å². The van der Waals surface area contributed by atoms with Crippen LogP contribution >= 0.6 is 7.59 Å². The summed E-state index contributed by atoms with van der Waals surface area (Å²) >= 11 is 0. The SMILES string of the molecule is CCCCn1cnnc1.CN(C)P(=O)(N(C)C)n1nc(-c2ccccc2)nc1N. The van der Waals surface area contributed by atoms with Gasteiger partial charge in [0.05, 0.1) is 0 Å². The lowest BCUT2D eigenvalue weighted by atomic mass is 10.2. The molecule has 0 amide bonds. The Morgan fingerprint density at radius 1 is 1.03 bits per heavy atom. The number of nitrogens with two attached hydrogens (primary N) is 1. The lowest BCUT2D eigenvalue weighted by Gasteiger charge is -2.29. The highest BCUT2D eigenvalue weighted by Gasteiger charge is 2.34. The number of unbranched alkanes of at least 4 members (excludes halogenated alkanes) is 1. The van der Waals surface area contributed by atoms with Crippen molar-refractivity contribution < 1.29 is 4.57 Å². The lowest BCUT2D eigenvalue weighted by Crippen LogP contribution is -2.27. The number of anilines is 1. The highest BCUT2D eigenvalue weighted by molar-refractivity contribution is 7.57. The predicted octanol–water partition coefficient (Wildman–Crippen LogP) is 2.68. The highest BCUT2D eigenvalue weighted by atomic mass is 31.2. The molecule has 158 valence electrons. The molecule has 0 bridgehead atoms. The van der Waals surface area contributed by atoms with E-state index in [4.69, 9.17) is 5.73 Å². The Morgan fingerprint density at radius 3 is 2.14 bits per heavy atom. The molecule has 0 radical (unpaired) electrons. The first-order chi connectivity index (χ1) is 13.8. The van der Waals surface area contributed by atoms with Crippen molar-refractivity contribution in [2.24, 2.45) is 0 Å². The summed E-state index contributed by atoms with van der Waals surface area (Å²) in [7, 11) is 3.84. The van der Waals surface area contributed by atoms with E-state index in [9.17, 15) is 4.57 Å². The third kappa shape index (κ3) is 5.50. The smallest absolute Gasteiger partial charge is 0.332 e. The van der Waals surface area contributed by atoms with Gasteiger partial charge in [-0.1, -0.05) is 43.7 Å². The summed E-state index contributed by atoms with van der Waals surface area (Å²) in [6, 6.07) is 9.46. The summed E-state index contributed by atoms with van der Waals surface area (Å²) in [5.41, 5.74) is 6.74. The molecule has 3 rings (SSSR count). The van der Waals surface area contributed by atoms with E-state index in [1.165, 1.54) is 17.3 Å². The molecule has 0 spiro atoms. The van der Waals surface area contributed by atoms with Crippen molar-refractivity contribution in [1.82, 2.24) is 38.6 Å². The number of hydrogen-bond donors (Lipinski definition) is 1. The molecule has 0 aliphatic heterocycles. The van der Waals surface area contributed by atoms with Crippen LogP contribution in [0.5, 0.6) is 0 Å². The maximum absolute atomic E-state index is 13.1. The number of hydrogen-bond acceptors (Lipinski definition) is 6. The van der Waals surface area contributed by atoms with Gasteiger partial charge in [-0.25, -0.2) is 9.34 Å². The van der Waals surface area contributed by atoms with Crippen LogP contribution in [0.15, 0.2) is 43.0 Å². The topological polar surface area (TPSA) is 111 Å². The van der Waals surface area contributed by atoms with E-state index in [2.05, 4.69) is 27.2 Å². The van der Waals surface area contributed by atoms with Gasteiger partial charge in [0.2, 0.25) is 5.95 Å². The highest BCUT2D eigenvalue weighted by Crippen LogP contribution is 2.51. The second-order valence-corrected chi connectivity index (χ2v) is 9.82. The predicted molar refractivity (Wildman–Crippen MR) is 115 cm³/mol. The Hall–Kier alpha value is -2.55. The molecule has 0 atom stereocenters. The summed E-state index contributed by atoms with van der Waals surface area (Å²) in [5.74, 6) is 0.599. The molecule has 2 N–H and O–H groups in total. The number of aryl methyl sites for hydroxylation is 1. The Morgan fingerprint density at radius 2 is 1.62 bits per heavy atom. The second kappa shape index (κ2) is 10.3. The van der Waals surface area contributed by atoms with E-state index in [0.717, 1.165) is 12.1 Å². The maximum Gasteiger partial charge on any atom is 0.332 e. The van der Waals surface area contributed by atoms with Gasteiger partial charge in [0, 0.05) is 12.1 Å². The third-order valence-electron chi connectivity index (χ3n) is 4.17. The van der Waals surface area contributed by atoms with Crippen LogP contribution in [-0.2, 0) is 11.1 Å². The minimum Gasteiger partial charge on any atom is -0.368 e. The largest absolute Gasteiger partial charge is 0.368 e. The molecule has 0 saturated carbocycles. The van der Waals surface area contributed by atoms with E-state index < -0.39 is 7.59 Å². The molecular formula is C18H30N9OP. The molecule has 0 saturated heterocycles. The van der Waals surface area contributed by atoms with Gasteiger partial charge < -0.3 is 10.3 Å². The first-order valence-corrected chi connectivity index (χ1v) is 10.9. The maximum atomic E-state index is 13.1. The van der Waals surface area contributed by atoms with Crippen molar-refractivity contribution in [3.05, 3.63) is 43.0 Å². The molecule has 11 heteroatoms. The summed E-state index contributed by atoms with van der Waals surface area (Å²) in [5, 5.41) is 11.7. The van der Waals surface area contributed by atoms with E-state index >= 15 is 0 Å². The average molecular weight is 419 g/mol. The van der Waals surface area contributed by atoms with Gasteiger partial charge in [-0.15, -0.1) is 15.3 Å².